The second kappa shape index (κ2) is 9.08. The molecule has 0 unspecified atom stereocenters. The number of unbranched alkanes of at least 4 members (excludes halogenated alkanes) is 1. The third kappa shape index (κ3) is 4.68. The molecular formula is C21H26FN7O. The lowest BCUT2D eigenvalue weighted by molar-refractivity contribution is 0.249. The van der Waals surface area contributed by atoms with E-state index in [0.29, 0.717) is 18.1 Å². The number of rotatable bonds is 7. The first-order valence-electron chi connectivity index (χ1n) is 10.2. The van der Waals surface area contributed by atoms with Crippen LogP contribution in [0.1, 0.15) is 12.8 Å². The Hall–Kier alpha value is -3.20. The molecule has 3 N–H and O–H groups in total. The van der Waals surface area contributed by atoms with Gasteiger partial charge < -0.3 is 15.6 Å². The maximum atomic E-state index is 13.1. The number of benzene rings is 1. The minimum atomic E-state index is -0.526. The quantitative estimate of drug-likeness (QED) is 0.583. The topological polar surface area (TPSA) is 94.4 Å². The lowest BCUT2D eigenvalue weighted by Gasteiger charge is -2.36. The number of piperazine rings is 1. The molecule has 4 rings (SSSR count). The van der Waals surface area contributed by atoms with Crippen LogP contribution in [0.3, 0.4) is 0 Å². The number of carbonyl (C=O) groups is 1. The molecule has 1 aliphatic heterocycles. The molecule has 1 saturated heterocycles. The Labute approximate surface area is 174 Å². The van der Waals surface area contributed by atoms with E-state index in [4.69, 9.17) is 5.73 Å². The van der Waals surface area contributed by atoms with Crippen LogP contribution < -0.4 is 15.5 Å². The maximum Gasteiger partial charge on any atom is 0.321 e. The Kier molecular flexibility index (Phi) is 6.08. The van der Waals surface area contributed by atoms with E-state index in [9.17, 15) is 9.18 Å². The Balaban J connectivity index is 1.23. The van der Waals surface area contributed by atoms with Crippen LogP contribution in [0.5, 0.6) is 0 Å². The number of hydrogen-bond acceptors (Lipinski definition) is 5. The molecule has 30 heavy (non-hydrogen) atoms. The number of nitrogens with one attached hydrogen (secondary N) is 1. The number of anilines is 2. The third-order valence-electron chi connectivity index (χ3n) is 5.44. The highest BCUT2D eigenvalue weighted by molar-refractivity contribution is 5.90. The summed E-state index contributed by atoms with van der Waals surface area (Å²) in [5.74, 6) is 0.227. The Morgan fingerprint density at radius 2 is 1.90 bits per heavy atom. The van der Waals surface area contributed by atoms with Crippen molar-refractivity contribution in [3.05, 3.63) is 48.4 Å². The molecule has 1 aromatic carbocycles. The Morgan fingerprint density at radius 1 is 1.13 bits per heavy atom. The molecule has 0 spiro atoms. The number of urea groups is 1. The number of hydrogen-bond donors (Lipinski definition) is 2. The predicted molar refractivity (Wildman–Crippen MR) is 115 cm³/mol. The van der Waals surface area contributed by atoms with Gasteiger partial charge >= 0.3 is 6.03 Å². The summed E-state index contributed by atoms with van der Waals surface area (Å²) in [6.07, 6.45) is 3.45. The van der Waals surface area contributed by atoms with Crippen LogP contribution in [0.25, 0.3) is 11.2 Å². The number of fused-ring (bicyclic) bond motifs is 1. The molecule has 0 aliphatic carbocycles. The Bertz CT molecular complexity index is 949. The molecule has 2 amide bonds. The van der Waals surface area contributed by atoms with Crippen molar-refractivity contribution < 1.29 is 9.18 Å². The van der Waals surface area contributed by atoms with Gasteiger partial charge in [0.15, 0.2) is 5.65 Å². The average molecular weight is 411 g/mol. The van der Waals surface area contributed by atoms with E-state index in [1.54, 1.807) is 6.20 Å². The number of pyridine rings is 1. The summed E-state index contributed by atoms with van der Waals surface area (Å²) in [4.78, 5) is 29.7. The number of imidazole rings is 1. The summed E-state index contributed by atoms with van der Waals surface area (Å²) in [6, 6.07) is 9.82. The van der Waals surface area contributed by atoms with Gasteiger partial charge in [-0.3, -0.25) is 9.80 Å². The lowest BCUT2D eigenvalue weighted by atomic mass is 10.2. The zero-order chi connectivity index (χ0) is 20.9. The van der Waals surface area contributed by atoms with E-state index in [2.05, 4.69) is 24.8 Å². The van der Waals surface area contributed by atoms with Gasteiger partial charge in [-0.2, -0.15) is 4.98 Å². The number of aromatic nitrogens is 3. The summed E-state index contributed by atoms with van der Waals surface area (Å²) < 4.78 is 13.1. The SMILES string of the molecule is NC(=O)N(CCCCN1CCN(c2ccc(F)cc2)CC1)c1nc2ncccc2[nH]1. The van der Waals surface area contributed by atoms with Gasteiger partial charge in [-0.25, -0.2) is 14.2 Å². The highest BCUT2D eigenvalue weighted by Gasteiger charge is 2.19. The van der Waals surface area contributed by atoms with Crippen LogP contribution >= 0.6 is 0 Å². The third-order valence-corrected chi connectivity index (χ3v) is 5.44. The predicted octanol–water partition coefficient (Wildman–Crippen LogP) is 2.58. The average Bonchev–Trinajstić information content (AvgIpc) is 3.18. The first-order chi connectivity index (χ1) is 14.6. The summed E-state index contributed by atoms with van der Waals surface area (Å²) in [7, 11) is 0. The van der Waals surface area contributed by atoms with Crippen LogP contribution in [0.15, 0.2) is 42.6 Å². The molecule has 1 aliphatic rings. The second-order valence-electron chi connectivity index (χ2n) is 7.44. The van der Waals surface area contributed by atoms with Crippen LogP contribution in [0, 0.1) is 5.82 Å². The van der Waals surface area contributed by atoms with Crippen molar-refractivity contribution in [1.82, 2.24) is 19.9 Å². The van der Waals surface area contributed by atoms with Gasteiger partial charge in [0.05, 0.1) is 5.52 Å². The molecule has 0 bridgehead atoms. The molecular weight excluding hydrogens is 385 g/mol. The fraction of sp³-hybridized carbons (Fsp3) is 0.381. The first-order valence-corrected chi connectivity index (χ1v) is 10.2. The minimum absolute atomic E-state index is 0.207. The zero-order valence-corrected chi connectivity index (χ0v) is 16.8. The molecule has 0 saturated carbocycles. The monoisotopic (exact) mass is 411 g/mol. The molecule has 9 heteroatoms. The Morgan fingerprint density at radius 3 is 2.60 bits per heavy atom. The summed E-state index contributed by atoms with van der Waals surface area (Å²) >= 11 is 0. The number of amides is 2. The van der Waals surface area contributed by atoms with E-state index in [0.717, 1.165) is 56.8 Å². The van der Waals surface area contributed by atoms with Crippen LogP contribution in [0.4, 0.5) is 20.8 Å². The van der Waals surface area contributed by atoms with Gasteiger partial charge in [0.2, 0.25) is 5.95 Å². The summed E-state index contributed by atoms with van der Waals surface area (Å²) in [5.41, 5.74) is 7.97. The largest absolute Gasteiger partial charge is 0.369 e. The number of nitrogens with two attached hydrogens (primary N) is 1. The summed E-state index contributed by atoms with van der Waals surface area (Å²) in [6.45, 7) is 5.24. The normalized spacial score (nSPS) is 14.9. The van der Waals surface area contributed by atoms with E-state index < -0.39 is 6.03 Å². The van der Waals surface area contributed by atoms with Crippen LogP contribution in [0.2, 0.25) is 0 Å². The minimum Gasteiger partial charge on any atom is -0.369 e. The van der Waals surface area contributed by atoms with Gasteiger partial charge in [0.1, 0.15) is 5.82 Å². The first kappa shape index (κ1) is 20.1. The van der Waals surface area contributed by atoms with E-state index in [-0.39, 0.29) is 5.82 Å². The van der Waals surface area contributed by atoms with Gasteiger partial charge in [-0.1, -0.05) is 0 Å². The van der Waals surface area contributed by atoms with Crippen molar-refractivity contribution in [2.75, 3.05) is 49.1 Å². The fourth-order valence-electron chi connectivity index (χ4n) is 3.77. The molecule has 2 aromatic heterocycles. The van der Waals surface area contributed by atoms with Crippen molar-refractivity contribution in [2.24, 2.45) is 5.73 Å². The van der Waals surface area contributed by atoms with Gasteiger partial charge in [0.25, 0.3) is 0 Å². The number of nitrogens with zero attached hydrogens (tertiary/aromatic N) is 5. The van der Waals surface area contributed by atoms with Gasteiger partial charge in [-0.15, -0.1) is 0 Å². The molecule has 8 nitrogen and oxygen atoms in total. The van der Waals surface area contributed by atoms with E-state index in [1.807, 2.05) is 24.3 Å². The van der Waals surface area contributed by atoms with Crippen molar-refractivity contribution >= 4 is 28.8 Å². The smallest absolute Gasteiger partial charge is 0.321 e. The number of halogens is 1. The van der Waals surface area contributed by atoms with Gasteiger partial charge in [-0.05, 0) is 55.8 Å². The van der Waals surface area contributed by atoms with Crippen molar-refractivity contribution in [1.29, 1.82) is 0 Å². The number of aromatic amines is 1. The van der Waals surface area contributed by atoms with Crippen molar-refractivity contribution in [2.45, 2.75) is 12.8 Å². The molecule has 158 valence electrons. The number of primary amides is 1. The van der Waals surface area contributed by atoms with Crippen LogP contribution in [-0.2, 0) is 0 Å². The molecule has 1 fully saturated rings. The number of carbonyl (C=O) groups excluding carboxylic acids is 1. The standard InChI is InChI=1S/C21H26FN7O/c22-16-5-7-17(8-6-16)28-14-12-27(13-15-28)10-1-2-11-29(20(23)30)21-25-18-4-3-9-24-19(18)26-21/h3-9H,1-2,10-15H2,(H2,23,30)(H,24,25,26). The molecule has 3 aromatic rings. The van der Waals surface area contributed by atoms with E-state index >= 15 is 0 Å². The highest BCUT2D eigenvalue weighted by atomic mass is 19.1. The maximum absolute atomic E-state index is 13.1. The zero-order valence-electron chi connectivity index (χ0n) is 16.8. The van der Waals surface area contributed by atoms with Crippen molar-refractivity contribution in [3.63, 3.8) is 0 Å². The summed E-state index contributed by atoms with van der Waals surface area (Å²) in [5, 5.41) is 0. The van der Waals surface area contributed by atoms with Crippen molar-refractivity contribution in [3.8, 4) is 0 Å². The lowest BCUT2D eigenvalue weighted by Crippen LogP contribution is -2.46. The van der Waals surface area contributed by atoms with Gasteiger partial charge in [0, 0.05) is 44.6 Å². The highest BCUT2D eigenvalue weighted by Crippen LogP contribution is 2.18. The van der Waals surface area contributed by atoms with E-state index in [1.165, 1.54) is 17.0 Å². The molecule has 0 atom stereocenters. The van der Waals surface area contributed by atoms with Crippen LogP contribution in [-0.4, -0.2) is 65.2 Å². The number of H-pyrrole nitrogens is 1. The molecule has 3 heterocycles. The molecule has 0 radical (unpaired) electrons. The fourth-order valence-corrected chi connectivity index (χ4v) is 3.77. The second-order valence-corrected chi connectivity index (χ2v) is 7.44.